The summed E-state index contributed by atoms with van der Waals surface area (Å²) in [6, 6.07) is 5.44. The summed E-state index contributed by atoms with van der Waals surface area (Å²) in [5.74, 6) is -0.290. The monoisotopic (exact) mass is 220 g/mol. The van der Waals surface area contributed by atoms with E-state index < -0.39 is 0 Å². The minimum absolute atomic E-state index is 0.282. The molecule has 0 radical (unpaired) electrons. The van der Waals surface area contributed by atoms with Crippen LogP contribution in [0.25, 0.3) is 0 Å². The third-order valence-electron chi connectivity index (χ3n) is 2.32. The van der Waals surface area contributed by atoms with Gasteiger partial charge in [0, 0.05) is 12.5 Å². The molecule has 0 aromatic heterocycles. The smallest absolute Gasteiger partial charge is 0.302 e. The minimum atomic E-state index is -0.290. The van der Waals surface area contributed by atoms with Gasteiger partial charge in [-0.25, -0.2) is 0 Å². The van der Waals surface area contributed by atoms with Gasteiger partial charge in [-0.15, -0.1) is 0 Å². The molecule has 0 amide bonds. The average Bonchev–Trinajstić information content (AvgIpc) is 2.27. The first kappa shape index (κ1) is 12.4. The van der Waals surface area contributed by atoms with Gasteiger partial charge in [-0.05, 0) is 23.6 Å². The van der Waals surface area contributed by atoms with E-state index in [1.807, 2.05) is 12.1 Å². The van der Waals surface area contributed by atoms with Gasteiger partial charge < -0.3 is 4.74 Å². The van der Waals surface area contributed by atoms with Crippen molar-refractivity contribution in [3.8, 4) is 0 Å². The molecule has 1 rings (SSSR count). The highest BCUT2D eigenvalue weighted by atomic mass is 16.5. The van der Waals surface area contributed by atoms with E-state index in [0.29, 0.717) is 5.56 Å². The second-order valence-electron chi connectivity index (χ2n) is 3.68. The molecule has 16 heavy (non-hydrogen) atoms. The Hall–Kier alpha value is -1.64. The topological polar surface area (TPSA) is 43.4 Å². The number of carbonyl (C=O) groups is 2. The van der Waals surface area contributed by atoms with E-state index in [-0.39, 0.29) is 12.6 Å². The second kappa shape index (κ2) is 6.05. The number of hydrogen-bond donors (Lipinski definition) is 0. The predicted octanol–water partition coefficient (Wildman–Crippen LogP) is 2.51. The maximum absolute atomic E-state index is 10.7. The molecule has 0 bridgehead atoms. The summed E-state index contributed by atoms with van der Waals surface area (Å²) in [4.78, 5) is 21.4. The van der Waals surface area contributed by atoms with Crippen molar-refractivity contribution in [1.82, 2.24) is 0 Å². The fourth-order valence-electron chi connectivity index (χ4n) is 1.54. The van der Waals surface area contributed by atoms with Crippen LogP contribution in [0.2, 0.25) is 0 Å². The molecule has 0 fully saturated rings. The minimum Gasteiger partial charge on any atom is -0.461 e. The SMILES string of the molecule is CCCc1cc(C=O)ccc1COC(C)=O. The van der Waals surface area contributed by atoms with Gasteiger partial charge >= 0.3 is 5.97 Å². The molecular formula is C13H16O3. The third kappa shape index (κ3) is 3.50. The van der Waals surface area contributed by atoms with Crippen LogP contribution in [0.1, 0.15) is 41.8 Å². The Bertz CT molecular complexity index is 383. The molecule has 0 aliphatic rings. The summed E-state index contributed by atoms with van der Waals surface area (Å²) in [5.41, 5.74) is 2.71. The first-order chi connectivity index (χ1) is 7.67. The lowest BCUT2D eigenvalue weighted by Crippen LogP contribution is -2.02. The summed E-state index contributed by atoms with van der Waals surface area (Å²) in [6.07, 6.45) is 2.71. The molecule has 0 unspecified atom stereocenters. The van der Waals surface area contributed by atoms with E-state index in [1.165, 1.54) is 6.92 Å². The molecule has 3 heteroatoms. The molecule has 0 aliphatic carbocycles. The maximum Gasteiger partial charge on any atom is 0.302 e. The Kier molecular flexibility index (Phi) is 4.70. The quantitative estimate of drug-likeness (QED) is 0.565. The van der Waals surface area contributed by atoms with Crippen molar-refractivity contribution in [2.24, 2.45) is 0 Å². The van der Waals surface area contributed by atoms with Crippen molar-refractivity contribution >= 4 is 12.3 Å². The number of carbonyl (C=O) groups excluding carboxylic acids is 2. The van der Waals surface area contributed by atoms with Crippen LogP contribution in [-0.4, -0.2) is 12.3 Å². The number of hydrogen-bond acceptors (Lipinski definition) is 3. The van der Waals surface area contributed by atoms with Crippen LogP contribution in [0, 0.1) is 0 Å². The average molecular weight is 220 g/mol. The number of aryl methyl sites for hydroxylation is 1. The van der Waals surface area contributed by atoms with Crippen LogP contribution in [-0.2, 0) is 22.6 Å². The van der Waals surface area contributed by atoms with Crippen LogP contribution < -0.4 is 0 Å². The highest BCUT2D eigenvalue weighted by Crippen LogP contribution is 2.14. The van der Waals surface area contributed by atoms with Gasteiger partial charge in [0.15, 0.2) is 0 Å². The van der Waals surface area contributed by atoms with Crippen molar-refractivity contribution in [3.05, 3.63) is 34.9 Å². The normalized spacial score (nSPS) is 9.88. The lowest BCUT2D eigenvalue weighted by Gasteiger charge is -2.09. The number of aldehydes is 1. The number of benzene rings is 1. The van der Waals surface area contributed by atoms with Crippen molar-refractivity contribution in [2.75, 3.05) is 0 Å². The van der Waals surface area contributed by atoms with Gasteiger partial charge in [-0.1, -0.05) is 25.5 Å². The first-order valence-corrected chi connectivity index (χ1v) is 5.37. The zero-order valence-electron chi connectivity index (χ0n) is 9.66. The lowest BCUT2D eigenvalue weighted by atomic mass is 10.0. The molecule has 86 valence electrons. The largest absolute Gasteiger partial charge is 0.461 e. The Balaban J connectivity index is 2.88. The Labute approximate surface area is 95.4 Å². The van der Waals surface area contributed by atoms with Crippen molar-refractivity contribution in [1.29, 1.82) is 0 Å². The summed E-state index contributed by atoms with van der Waals surface area (Å²) < 4.78 is 4.96. The van der Waals surface area contributed by atoms with Crippen LogP contribution in [0.4, 0.5) is 0 Å². The number of rotatable bonds is 5. The maximum atomic E-state index is 10.7. The van der Waals surface area contributed by atoms with E-state index >= 15 is 0 Å². The molecule has 3 nitrogen and oxygen atoms in total. The van der Waals surface area contributed by atoms with E-state index in [4.69, 9.17) is 4.74 Å². The highest BCUT2D eigenvalue weighted by molar-refractivity contribution is 5.75. The van der Waals surface area contributed by atoms with E-state index in [1.54, 1.807) is 6.07 Å². The Morgan fingerprint density at radius 2 is 2.12 bits per heavy atom. The van der Waals surface area contributed by atoms with Crippen molar-refractivity contribution in [2.45, 2.75) is 33.3 Å². The van der Waals surface area contributed by atoms with Crippen LogP contribution in [0.15, 0.2) is 18.2 Å². The molecule has 0 saturated heterocycles. The first-order valence-electron chi connectivity index (χ1n) is 5.37. The van der Waals surface area contributed by atoms with Gasteiger partial charge in [0.2, 0.25) is 0 Å². The molecule has 0 aliphatic heterocycles. The number of esters is 1. The fraction of sp³-hybridized carbons (Fsp3) is 0.385. The molecular weight excluding hydrogens is 204 g/mol. The molecule has 0 N–H and O–H groups in total. The fourth-order valence-corrected chi connectivity index (χ4v) is 1.54. The van der Waals surface area contributed by atoms with E-state index in [9.17, 15) is 9.59 Å². The molecule has 0 heterocycles. The Morgan fingerprint density at radius 3 is 2.69 bits per heavy atom. The van der Waals surface area contributed by atoms with Gasteiger partial charge in [-0.2, -0.15) is 0 Å². The highest BCUT2D eigenvalue weighted by Gasteiger charge is 2.05. The molecule has 0 atom stereocenters. The van der Waals surface area contributed by atoms with E-state index in [0.717, 1.165) is 30.3 Å². The van der Waals surface area contributed by atoms with Crippen LogP contribution in [0.5, 0.6) is 0 Å². The van der Waals surface area contributed by atoms with Gasteiger partial charge in [-0.3, -0.25) is 9.59 Å². The summed E-state index contributed by atoms with van der Waals surface area (Å²) >= 11 is 0. The molecule has 1 aromatic rings. The molecule has 1 aromatic carbocycles. The van der Waals surface area contributed by atoms with Crippen molar-refractivity contribution < 1.29 is 14.3 Å². The van der Waals surface area contributed by atoms with E-state index in [2.05, 4.69) is 6.92 Å². The van der Waals surface area contributed by atoms with Gasteiger partial charge in [0.1, 0.15) is 12.9 Å². The van der Waals surface area contributed by atoms with Crippen LogP contribution >= 0.6 is 0 Å². The van der Waals surface area contributed by atoms with Crippen LogP contribution in [0.3, 0.4) is 0 Å². The standard InChI is InChI=1S/C13H16O3/c1-3-4-12-7-11(8-14)5-6-13(12)9-16-10(2)15/h5-8H,3-4,9H2,1-2H3. The van der Waals surface area contributed by atoms with Crippen molar-refractivity contribution in [3.63, 3.8) is 0 Å². The van der Waals surface area contributed by atoms with Gasteiger partial charge in [0.25, 0.3) is 0 Å². The predicted molar refractivity (Wildman–Crippen MR) is 61.3 cm³/mol. The summed E-state index contributed by atoms with van der Waals surface area (Å²) in [5, 5.41) is 0. The Morgan fingerprint density at radius 1 is 1.38 bits per heavy atom. The summed E-state index contributed by atoms with van der Waals surface area (Å²) in [7, 11) is 0. The molecule has 0 saturated carbocycles. The van der Waals surface area contributed by atoms with Gasteiger partial charge in [0.05, 0.1) is 0 Å². The summed E-state index contributed by atoms with van der Waals surface area (Å²) in [6.45, 7) is 3.74. The zero-order chi connectivity index (χ0) is 12.0. The third-order valence-corrected chi connectivity index (χ3v) is 2.32. The number of ether oxygens (including phenoxy) is 1. The lowest BCUT2D eigenvalue weighted by molar-refractivity contribution is -0.142. The zero-order valence-corrected chi connectivity index (χ0v) is 9.66. The molecule has 0 spiro atoms. The second-order valence-corrected chi connectivity index (χ2v) is 3.68.